The van der Waals surface area contributed by atoms with Crippen molar-refractivity contribution < 1.29 is 4.74 Å². The van der Waals surface area contributed by atoms with Gasteiger partial charge in [0.1, 0.15) is 0 Å². The van der Waals surface area contributed by atoms with Crippen LogP contribution in [0, 0.1) is 17.8 Å². The highest BCUT2D eigenvalue weighted by molar-refractivity contribution is 7.80. The maximum atomic E-state index is 5.40. The lowest BCUT2D eigenvalue weighted by Crippen LogP contribution is -2.21. The van der Waals surface area contributed by atoms with Gasteiger partial charge in [-0.25, -0.2) is 0 Å². The summed E-state index contributed by atoms with van der Waals surface area (Å²) < 4.78 is 5.40. The first-order chi connectivity index (χ1) is 11.3. The predicted octanol–water partition coefficient (Wildman–Crippen LogP) is 6.09. The molecule has 0 radical (unpaired) electrons. The first-order valence-electron chi connectivity index (χ1n) is 9.55. The van der Waals surface area contributed by atoms with Gasteiger partial charge in [-0.3, -0.25) is 0 Å². The van der Waals surface area contributed by atoms with Gasteiger partial charge in [0.15, 0.2) is 0 Å². The van der Waals surface area contributed by atoms with Crippen LogP contribution in [0.5, 0.6) is 0 Å². The third-order valence-corrected chi connectivity index (χ3v) is 6.76. The number of hydrogen-bond donors (Lipinski definition) is 1. The van der Waals surface area contributed by atoms with Gasteiger partial charge in [-0.15, -0.1) is 0 Å². The van der Waals surface area contributed by atoms with Crippen molar-refractivity contribution in [2.45, 2.75) is 69.5 Å². The molecule has 0 aliphatic heterocycles. The normalized spacial score (nSPS) is 35.7. The van der Waals surface area contributed by atoms with E-state index in [4.69, 9.17) is 4.74 Å². The summed E-state index contributed by atoms with van der Waals surface area (Å²) in [7, 11) is 1.77. The van der Waals surface area contributed by atoms with E-state index in [1.165, 1.54) is 63.4 Å². The van der Waals surface area contributed by atoms with Gasteiger partial charge in [0, 0.05) is 11.7 Å². The van der Waals surface area contributed by atoms with Crippen LogP contribution in [0.4, 0.5) is 0 Å². The lowest BCUT2D eigenvalue weighted by atomic mass is 9.76. The minimum Gasteiger partial charge on any atom is -0.501 e. The third kappa shape index (κ3) is 4.68. The summed E-state index contributed by atoms with van der Waals surface area (Å²) in [6.07, 6.45) is 22.6. The van der Waals surface area contributed by atoms with E-state index in [-0.39, 0.29) is 0 Å². The Hall–Kier alpha value is -0.630. The standard InChI is InChI=1S/C21H32OS/c1-22-20-7-3-6-18(10-13-20)16-4-2-5-17(9-8-16)19-11-14-21(23)15-12-19/h3,6,10,13,16-17,19,21,23H,2,4-5,7-9,11-12,14-15H2,1H3. The zero-order valence-corrected chi connectivity index (χ0v) is 15.4. The number of methoxy groups -OCH3 is 1. The molecule has 3 aliphatic rings. The van der Waals surface area contributed by atoms with Gasteiger partial charge >= 0.3 is 0 Å². The fraction of sp³-hybridized carbons (Fsp3) is 0.714. The van der Waals surface area contributed by atoms with Crippen LogP contribution in [0.2, 0.25) is 0 Å². The Labute approximate surface area is 147 Å². The second-order valence-corrected chi connectivity index (χ2v) is 8.37. The number of allylic oxidation sites excluding steroid dienone is 5. The minimum atomic E-state index is 0.674. The van der Waals surface area contributed by atoms with E-state index >= 15 is 0 Å². The summed E-state index contributed by atoms with van der Waals surface area (Å²) in [5.41, 5.74) is 1.52. The van der Waals surface area contributed by atoms with Crippen LogP contribution in [-0.2, 0) is 4.74 Å². The van der Waals surface area contributed by atoms with Crippen molar-refractivity contribution in [3.05, 3.63) is 35.6 Å². The monoisotopic (exact) mass is 332 g/mol. The Bertz CT molecular complexity index is 468. The topological polar surface area (TPSA) is 9.23 Å². The molecule has 0 amide bonds. The second kappa shape index (κ2) is 8.46. The maximum Gasteiger partial charge on any atom is 0.0993 e. The molecule has 0 aromatic carbocycles. The van der Waals surface area contributed by atoms with E-state index in [2.05, 4.69) is 36.9 Å². The highest BCUT2D eigenvalue weighted by Gasteiger charge is 2.29. The zero-order chi connectivity index (χ0) is 16.1. The SMILES string of the molecule is COC1=CC=C(C2CCCC(C3CCC(S)CC3)CC2)C=CC1. The number of hydrogen-bond acceptors (Lipinski definition) is 2. The van der Waals surface area contributed by atoms with Crippen LogP contribution in [0.25, 0.3) is 0 Å². The molecule has 2 fully saturated rings. The van der Waals surface area contributed by atoms with Gasteiger partial charge in [-0.05, 0) is 74.3 Å². The van der Waals surface area contributed by atoms with Crippen molar-refractivity contribution in [2.24, 2.45) is 17.8 Å². The molecule has 2 heteroatoms. The molecule has 0 N–H and O–H groups in total. The van der Waals surface area contributed by atoms with E-state index in [9.17, 15) is 0 Å². The molecule has 0 spiro atoms. The fourth-order valence-electron chi connectivity index (χ4n) is 4.76. The van der Waals surface area contributed by atoms with Gasteiger partial charge in [-0.1, -0.05) is 31.1 Å². The molecule has 3 aliphatic carbocycles. The van der Waals surface area contributed by atoms with E-state index in [1.807, 2.05) is 0 Å². The van der Waals surface area contributed by atoms with Crippen LogP contribution in [0.3, 0.4) is 0 Å². The minimum absolute atomic E-state index is 0.674. The number of thiol groups is 1. The van der Waals surface area contributed by atoms with E-state index in [0.29, 0.717) is 5.25 Å². The Morgan fingerprint density at radius 1 is 0.913 bits per heavy atom. The molecule has 2 unspecified atom stereocenters. The van der Waals surface area contributed by atoms with Crippen molar-refractivity contribution in [1.29, 1.82) is 0 Å². The maximum absolute atomic E-state index is 5.40. The molecule has 0 aromatic heterocycles. The third-order valence-electron chi connectivity index (χ3n) is 6.25. The summed E-state index contributed by atoms with van der Waals surface area (Å²) in [6.45, 7) is 0. The quantitative estimate of drug-likeness (QED) is 0.486. The van der Waals surface area contributed by atoms with Crippen molar-refractivity contribution in [3.8, 4) is 0 Å². The van der Waals surface area contributed by atoms with Crippen LogP contribution < -0.4 is 0 Å². The average Bonchev–Trinajstić information content (AvgIpc) is 2.96. The van der Waals surface area contributed by atoms with Crippen molar-refractivity contribution in [3.63, 3.8) is 0 Å². The molecule has 0 aromatic rings. The van der Waals surface area contributed by atoms with Crippen LogP contribution in [0.15, 0.2) is 35.6 Å². The highest BCUT2D eigenvalue weighted by atomic mass is 32.1. The van der Waals surface area contributed by atoms with Crippen molar-refractivity contribution >= 4 is 12.6 Å². The first kappa shape index (κ1) is 17.2. The summed E-state index contributed by atoms with van der Waals surface area (Å²) in [6, 6.07) is 0. The van der Waals surface area contributed by atoms with Crippen LogP contribution in [-0.4, -0.2) is 12.4 Å². The van der Waals surface area contributed by atoms with Gasteiger partial charge in [0.05, 0.1) is 12.9 Å². The second-order valence-electron chi connectivity index (χ2n) is 7.64. The molecule has 23 heavy (non-hydrogen) atoms. The van der Waals surface area contributed by atoms with E-state index < -0.39 is 0 Å². The van der Waals surface area contributed by atoms with Crippen LogP contribution >= 0.6 is 12.6 Å². The smallest absolute Gasteiger partial charge is 0.0993 e. The van der Waals surface area contributed by atoms with Gasteiger partial charge in [-0.2, -0.15) is 12.6 Å². The lowest BCUT2D eigenvalue weighted by Gasteiger charge is -2.32. The Kier molecular flexibility index (Phi) is 6.33. The number of rotatable bonds is 3. The molecule has 3 rings (SSSR count). The molecule has 128 valence electrons. The molecule has 0 saturated heterocycles. The molecular weight excluding hydrogens is 300 g/mol. The number of ether oxygens (including phenoxy) is 1. The van der Waals surface area contributed by atoms with E-state index in [1.54, 1.807) is 7.11 Å². The van der Waals surface area contributed by atoms with Gasteiger partial charge in [0.2, 0.25) is 0 Å². The van der Waals surface area contributed by atoms with Crippen molar-refractivity contribution in [2.75, 3.05) is 7.11 Å². The lowest BCUT2D eigenvalue weighted by molar-refractivity contribution is 0.229. The van der Waals surface area contributed by atoms with Crippen molar-refractivity contribution in [1.82, 2.24) is 0 Å². The van der Waals surface area contributed by atoms with E-state index in [0.717, 1.165) is 29.9 Å². The van der Waals surface area contributed by atoms with Gasteiger partial charge in [0.25, 0.3) is 0 Å². The fourth-order valence-corrected chi connectivity index (χ4v) is 5.05. The van der Waals surface area contributed by atoms with Gasteiger partial charge < -0.3 is 4.74 Å². The largest absolute Gasteiger partial charge is 0.501 e. The Balaban J connectivity index is 1.58. The molecular formula is C21H32OS. The Morgan fingerprint density at radius 2 is 1.65 bits per heavy atom. The average molecular weight is 333 g/mol. The molecule has 2 saturated carbocycles. The zero-order valence-electron chi connectivity index (χ0n) is 14.5. The molecule has 2 atom stereocenters. The summed E-state index contributed by atoms with van der Waals surface area (Å²) in [5, 5.41) is 0.674. The molecule has 1 nitrogen and oxygen atoms in total. The summed E-state index contributed by atoms with van der Waals surface area (Å²) in [4.78, 5) is 0. The summed E-state index contributed by atoms with van der Waals surface area (Å²) >= 11 is 4.67. The predicted molar refractivity (Wildman–Crippen MR) is 102 cm³/mol. The molecule has 0 bridgehead atoms. The van der Waals surface area contributed by atoms with Crippen LogP contribution in [0.1, 0.15) is 64.2 Å². The Morgan fingerprint density at radius 3 is 2.43 bits per heavy atom. The molecule has 0 heterocycles. The first-order valence-corrected chi connectivity index (χ1v) is 10.1. The highest BCUT2D eigenvalue weighted by Crippen LogP contribution is 2.41. The summed E-state index contributed by atoms with van der Waals surface area (Å²) in [5.74, 6) is 3.79.